The lowest BCUT2D eigenvalue weighted by Crippen LogP contribution is -2.14. The third kappa shape index (κ3) is 4.97. The maximum atomic E-state index is 2.45. The molecule has 1 unspecified atom stereocenters. The Morgan fingerprint density at radius 1 is 0.800 bits per heavy atom. The molecule has 0 amide bonds. The van der Waals surface area contributed by atoms with Gasteiger partial charge < -0.3 is 0 Å². The smallest absolute Gasteiger partial charge is 0.0181 e. The number of fused-ring (bicyclic) bond motifs is 1. The van der Waals surface area contributed by atoms with E-state index in [1.807, 2.05) is 0 Å². The number of hydrogen-bond donors (Lipinski definition) is 0. The first kappa shape index (κ1) is 18.2. The van der Waals surface area contributed by atoms with Crippen LogP contribution >= 0.6 is 0 Å². The van der Waals surface area contributed by atoms with Gasteiger partial charge in [-0.3, -0.25) is 0 Å². The van der Waals surface area contributed by atoms with E-state index >= 15 is 0 Å². The zero-order valence-electron chi connectivity index (χ0n) is 16.2. The van der Waals surface area contributed by atoms with E-state index in [0.29, 0.717) is 0 Å². The molecule has 3 rings (SSSR count). The fourth-order valence-electron chi connectivity index (χ4n) is 4.28. The molecule has 0 bridgehead atoms. The van der Waals surface area contributed by atoms with Gasteiger partial charge in [0, 0.05) is 0 Å². The second-order valence-corrected chi connectivity index (χ2v) is 7.89. The average molecular weight is 335 g/mol. The topological polar surface area (TPSA) is 0 Å². The van der Waals surface area contributed by atoms with Gasteiger partial charge in [-0.2, -0.15) is 0 Å². The van der Waals surface area contributed by atoms with E-state index in [0.717, 1.165) is 5.92 Å². The van der Waals surface area contributed by atoms with Gasteiger partial charge in [-0.1, -0.05) is 88.4 Å². The quantitative estimate of drug-likeness (QED) is 0.442. The third-order valence-electron chi connectivity index (χ3n) is 5.84. The Balaban J connectivity index is 1.64. The van der Waals surface area contributed by atoms with Gasteiger partial charge in [0.05, 0.1) is 0 Å². The predicted octanol–water partition coefficient (Wildman–Crippen LogP) is 7.38. The Labute approximate surface area is 154 Å². The molecule has 2 aromatic carbocycles. The molecule has 0 heterocycles. The van der Waals surface area contributed by atoms with Crippen molar-refractivity contribution in [1.82, 2.24) is 0 Å². The highest BCUT2D eigenvalue weighted by Crippen LogP contribution is 2.31. The Morgan fingerprint density at radius 3 is 2.36 bits per heavy atom. The standard InChI is InChI=1S/C25H34/c1-3-5-6-7-9-20-10-13-22(14-11-20)24-17-16-23-18-21(8-4-2)12-15-25(23)19-24/h10-11,13-14,16-17,19,21H,3-9,12,15,18H2,1-2H3. The highest BCUT2D eigenvalue weighted by atomic mass is 14.2. The van der Waals surface area contributed by atoms with Crippen molar-refractivity contribution in [3.05, 3.63) is 59.2 Å². The van der Waals surface area contributed by atoms with Crippen LogP contribution in [0.4, 0.5) is 0 Å². The summed E-state index contributed by atoms with van der Waals surface area (Å²) < 4.78 is 0. The minimum Gasteiger partial charge on any atom is -0.0654 e. The highest BCUT2D eigenvalue weighted by molar-refractivity contribution is 5.65. The lowest BCUT2D eigenvalue weighted by molar-refractivity contribution is 0.423. The van der Waals surface area contributed by atoms with Crippen LogP contribution in [0.5, 0.6) is 0 Å². The summed E-state index contributed by atoms with van der Waals surface area (Å²) in [5, 5.41) is 0. The molecule has 0 spiro atoms. The van der Waals surface area contributed by atoms with E-state index in [1.54, 1.807) is 11.1 Å². The Hall–Kier alpha value is -1.56. The van der Waals surface area contributed by atoms with Crippen LogP contribution in [0, 0.1) is 5.92 Å². The maximum Gasteiger partial charge on any atom is -0.0181 e. The van der Waals surface area contributed by atoms with Crippen LogP contribution in [0.1, 0.15) is 75.5 Å². The zero-order valence-corrected chi connectivity index (χ0v) is 16.2. The summed E-state index contributed by atoms with van der Waals surface area (Å²) in [6.45, 7) is 4.59. The fourth-order valence-corrected chi connectivity index (χ4v) is 4.28. The van der Waals surface area contributed by atoms with E-state index < -0.39 is 0 Å². The number of hydrogen-bond acceptors (Lipinski definition) is 0. The molecule has 1 aliphatic carbocycles. The number of aryl methyl sites for hydroxylation is 2. The molecule has 0 aliphatic heterocycles. The van der Waals surface area contributed by atoms with Crippen molar-refractivity contribution >= 4 is 0 Å². The highest BCUT2D eigenvalue weighted by Gasteiger charge is 2.18. The van der Waals surface area contributed by atoms with Gasteiger partial charge in [0.1, 0.15) is 0 Å². The Morgan fingerprint density at radius 2 is 1.60 bits per heavy atom. The average Bonchev–Trinajstić information content (AvgIpc) is 2.66. The van der Waals surface area contributed by atoms with Gasteiger partial charge in [0.2, 0.25) is 0 Å². The van der Waals surface area contributed by atoms with Crippen LogP contribution < -0.4 is 0 Å². The predicted molar refractivity (Wildman–Crippen MR) is 110 cm³/mol. The molecule has 25 heavy (non-hydrogen) atoms. The number of rotatable bonds is 8. The SMILES string of the molecule is CCCCCCc1ccc(-c2ccc3c(c2)CCC(CCC)C3)cc1. The van der Waals surface area contributed by atoms with Gasteiger partial charge >= 0.3 is 0 Å². The lowest BCUT2D eigenvalue weighted by atomic mass is 9.81. The summed E-state index contributed by atoms with van der Waals surface area (Å²) in [4.78, 5) is 0. The van der Waals surface area contributed by atoms with Gasteiger partial charge in [-0.05, 0) is 65.8 Å². The first-order valence-corrected chi connectivity index (χ1v) is 10.5. The lowest BCUT2D eigenvalue weighted by Gasteiger charge is -2.25. The van der Waals surface area contributed by atoms with Gasteiger partial charge in [0.15, 0.2) is 0 Å². The summed E-state index contributed by atoms with van der Waals surface area (Å²) in [5.74, 6) is 0.912. The molecular formula is C25H34. The second-order valence-electron chi connectivity index (χ2n) is 7.89. The zero-order chi connectivity index (χ0) is 17.5. The molecule has 0 aromatic heterocycles. The van der Waals surface area contributed by atoms with Crippen LogP contribution in [0.25, 0.3) is 11.1 Å². The molecule has 0 radical (unpaired) electrons. The number of benzene rings is 2. The molecule has 0 saturated heterocycles. The van der Waals surface area contributed by atoms with E-state index in [9.17, 15) is 0 Å². The minimum absolute atomic E-state index is 0.912. The van der Waals surface area contributed by atoms with Crippen LogP contribution in [0.2, 0.25) is 0 Å². The third-order valence-corrected chi connectivity index (χ3v) is 5.84. The largest absolute Gasteiger partial charge is 0.0654 e. The summed E-state index contributed by atoms with van der Waals surface area (Å²) in [5.41, 5.74) is 7.44. The Bertz CT molecular complexity index is 650. The molecule has 0 saturated carbocycles. The van der Waals surface area contributed by atoms with Crippen molar-refractivity contribution in [2.24, 2.45) is 5.92 Å². The molecule has 0 heteroatoms. The van der Waals surface area contributed by atoms with E-state index in [2.05, 4.69) is 56.3 Å². The first-order valence-electron chi connectivity index (χ1n) is 10.5. The van der Waals surface area contributed by atoms with Crippen molar-refractivity contribution in [2.45, 2.75) is 78.1 Å². The van der Waals surface area contributed by atoms with Gasteiger partial charge in [-0.15, -0.1) is 0 Å². The molecule has 2 aromatic rings. The van der Waals surface area contributed by atoms with Crippen LogP contribution in [0.15, 0.2) is 42.5 Å². The normalized spacial score (nSPS) is 16.6. The molecule has 1 atom stereocenters. The summed E-state index contributed by atoms with van der Waals surface area (Å²) in [7, 11) is 0. The van der Waals surface area contributed by atoms with E-state index in [4.69, 9.17) is 0 Å². The summed E-state index contributed by atoms with van der Waals surface area (Å²) in [6, 6.07) is 16.5. The van der Waals surface area contributed by atoms with Crippen molar-refractivity contribution in [3.63, 3.8) is 0 Å². The molecule has 0 nitrogen and oxygen atoms in total. The summed E-state index contributed by atoms with van der Waals surface area (Å²) >= 11 is 0. The van der Waals surface area contributed by atoms with Crippen molar-refractivity contribution < 1.29 is 0 Å². The van der Waals surface area contributed by atoms with Crippen LogP contribution in [-0.2, 0) is 19.3 Å². The molecule has 134 valence electrons. The Kier molecular flexibility index (Phi) is 6.73. The van der Waals surface area contributed by atoms with Crippen molar-refractivity contribution in [1.29, 1.82) is 0 Å². The number of unbranched alkanes of at least 4 members (excludes halogenated alkanes) is 3. The molecular weight excluding hydrogens is 300 g/mol. The van der Waals surface area contributed by atoms with Crippen LogP contribution in [0.3, 0.4) is 0 Å². The fraction of sp³-hybridized carbons (Fsp3) is 0.520. The van der Waals surface area contributed by atoms with E-state index in [1.165, 1.54) is 80.9 Å². The monoisotopic (exact) mass is 334 g/mol. The maximum absolute atomic E-state index is 2.45. The first-order chi connectivity index (χ1) is 12.3. The molecule has 1 aliphatic rings. The van der Waals surface area contributed by atoms with Crippen LogP contribution in [-0.4, -0.2) is 0 Å². The van der Waals surface area contributed by atoms with E-state index in [-0.39, 0.29) is 0 Å². The van der Waals surface area contributed by atoms with Crippen molar-refractivity contribution in [2.75, 3.05) is 0 Å². The molecule has 0 N–H and O–H groups in total. The van der Waals surface area contributed by atoms with Gasteiger partial charge in [0.25, 0.3) is 0 Å². The summed E-state index contributed by atoms with van der Waals surface area (Å²) in [6.07, 6.45) is 13.2. The minimum atomic E-state index is 0.912. The molecule has 0 fully saturated rings. The second kappa shape index (κ2) is 9.22. The van der Waals surface area contributed by atoms with Crippen molar-refractivity contribution in [3.8, 4) is 11.1 Å². The van der Waals surface area contributed by atoms with Gasteiger partial charge in [-0.25, -0.2) is 0 Å².